The molecule has 20 heavy (non-hydrogen) atoms. The summed E-state index contributed by atoms with van der Waals surface area (Å²) in [6, 6.07) is 9.88. The first-order valence-corrected chi connectivity index (χ1v) is 7.14. The fourth-order valence-electron chi connectivity index (χ4n) is 2.74. The largest absolute Gasteiger partial charge is 0.367 e. The van der Waals surface area contributed by atoms with Crippen LogP contribution < -0.4 is 5.73 Å². The summed E-state index contributed by atoms with van der Waals surface area (Å²) in [6.45, 7) is 7.59. The second-order valence-corrected chi connectivity index (χ2v) is 6.09. The van der Waals surface area contributed by atoms with E-state index in [4.69, 9.17) is 10.5 Å². The van der Waals surface area contributed by atoms with Gasteiger partial charge in [-0.3, -0.25) is 4.79 Å². The Bertz CT molecular complexity index is 459. The van der Waals surface area contributed by atoms with Gasteiger partial charge in [0.2, 0.25) is 5.91 Å². The molecule has 110 valence electrons. The van der Waals surface area contributed by atoms with Gasteiger partial charge in [0.1, 0.15) is 0 Å². The summed E-state index contributed by atoms with van der Waals surface area (Å²) in [7, 11) is 0. The first-order valence-electron chi connectivity index (χ1n) is 7.14. The fraction of sp³-hybridized carbons (Fsp3) is 0.562. The van der Waals surface area contributed by atoms with Gasteiger partial charge in [-0.05, 0) is 26.3 Å². The number of amides is 1. The maximum Gasteiger partial charge on any atom is 0.230 e. The minimum absolute atomic E-state index is 0.0781. The molecule has 0 radical (unpaired) electrons. The molecule has 1 fully saturated rings. The number of rotatable bonds is 3. The first kappa shape index (κ1) is 15.0. The topological polar surface area (TPSA) is 55.6 Å². The lowest BCUT2D eigenvalue weighted by atomic mass is 9.97. The Morgan fingerprint density at radius 1 is 1.45 bits per heavy atom. The zero-order valence-electron chi connectivity index (χ0n) is 12.5. The molecule has 2 rings (SSSR count). The molecule has 4 nitrogen and oxygen atoms in total. The molecule has 2 unspecified atom stereocenters. The molecule has 0 spiro atoms. The van der Waals surface area contributed by atoms with Gasteiger partial charge < -0.3 is 15.4 Å². The smallest absolute Gasteiger partial charge is 0.230 e. The molecule has 2 N–H and O–H groups in total. The van der Waals surface area contributed by atoms with Crippen molar-refractivity contribution < 1.29 is 9.53 Å². The molecule has 0 aromatic heterocycles. The third kappa shape index (κ3) is 3.38. The molecular weight excluding hydrogens is 252 g/mol. The third-order valence-electron chi connectivity index (χ3n) is 3.73. The second kappa shape index (κ2) is 5.94. The van der Waals surface area contributed by atoms with Crippen molar-refractivity contribution >= 4 is 5.91 Å². The van der Waals surface area contributed by atoms with Crippen LogP contribution in [0, 0.1) is 0 Å². The quantitative estimate of drug-likeness (QED) is 0.915. The molecule has 1 amide bonds. The van der Waals surface area contributed by atoms with E-state index >= 15 is 0 Å². The van der Waals surface area contributed by atoms with E-state index in [0.29, 0.717) is 19.6 Å². The van der Waals surface area contributed by atoms with E-state index in [-0.39, 0.29) is 23.5 Å². The van der Waals surface area contributed by atoms with Gasteiger partial charge in [-0.25, -0.2) is 0 Å². The van der Waals surface area contributed by atoms with Crippen LogP contribution in [-0.4, -0.2) is 42.1 Å². The van der Waals surface area contributed by atoms with Gasteiger partial charge in [0.25, 0.3) is 0 Å². The zero-order valence-corrected chi connectivity index (χ0v) is 12.5. The van der Waals surface area contributed by atoms with Crippen LogP contribution >= 0.6 is 0 Å². The summed E-state index contributed by atoms with van der Waals surface area (Å²) in [4.78, 5) is 14.6. The molecule has 1 saturated heterocycles. The molecule has 4 heteroatoms. The fourth-order valence-corrected chi connectivity index (χ4v) is 2.74. The predicted octanol–water partition coefficient (Wildman–Crippen LogP) is 1.75. The minimum atomic E-state index is -0.339. The molecule has 1 aromatic rings. The summed E-state index contributed by atoms with van der Waals surface area (Å²) in [5, 5.41) is 0. The Morgan fingerprint density at radius 2 is 2.10 bits per heavy atom. The Labute approximate surface area is 120 Å². The minimum Gasteiger partial charge on any atom is -0.367 e. The predicted molar refractivity (Wildman–Crippen MR) is 79.4 cm³/mol. The second-order valence-electron chi connectivity index (χ2n) is 6.09. The standard InChI is InChI=1S/C16H24N2O2/c1-12(13-7-5-4-6-8-13)15(19)18-10-14(9-17)20-16(2,3)11-18/h4-8,12,14H,9-11,17H2,1-3H3. The van der Waals surface area contributed by atoms with Gasteiger partial charge in [-0.15, -0.1) is 0 Å². The monoisotopic (exact) mass is 276 g/mol. The van der Waals surface area contributed by atoms with E-state index in [1.165, 1.54) is 0 Å². The van der Waals surface area contributed by atoms with E-state index in [1.54, 1.807) is 0 Å². The van der Waals surface area contributed by atoms with Crippen molar-refractivity contribution in [2.24, 2.45) is 5.73 Å². The van der Waals surface area contributed by atoms with Gasteiger partial charge in [0, 0.05) is 19.6 Å². The van der Waals surface area contributed by atoms with Crippen molar-refractivity contribution in [3.8, 4) is 0 Å². The maximum absolute atomic E-state index is 12.7. The zero-order chi connectivity index (χ0) is 14.8. The Kier molecular flexibility index (Phi) is 4.45. The highest BCUT2D eigenvalue weighted by Gasteiger charge is 2.36. The van der Waals surface area contributed by atoms with Crippen molar-refractivity contribution in [2.75, 3.05) is 19.6 Å². The van der Waals surface area contributed by atoms with Gasteiger partial charge in [0.15, 0.2) is 0 Å². The lowest BCUT2D eigenvalue weighted by molar-refractivity contribution is -0.160. The SMILES string of the molecule is CC(C(=O)N1CC(CN)OC(C)(C)C1)c1ccccc1. The summed E-state index contributed by atoms with van der Waals surface area (Å²) < 4.78 is 5.87. The highest BCUT2D eigenvalue weighted by molar-refractivity contribution is 5.83. The molecule has 1 aliphatic rings. The Balaban J connectivity index is 2.12. The maximum atomic E-state index is 12.7. The molecular formula is C16H24N2O2. The van der Waals surface area contributed by atoms with Crippen molar-refractivity contribution in [3.63, 3.8) is 0 Å². The molecule has 0 bridgehead atoms. The molecule has 1 aliphatic heterocycles. The van der Waals surface area contributed by atoms with Crippen LogP contribution in [0.2, 0.25) is 0 Å². The Morgan fingerprint density at radius 3 is 2.70 bits per heavy atom. The summed E-state index contributed by atoms with van der Waals surface area (Å²) in [5.41, 5.74) is 6.42. The highest BCUT2D eigenvalue weighted by Crippen LogP contribution is 2.25. The van der Waals surface area contributed by atoms with Crippen LogP contribution in [0.15, 0.2) is 30.3 Å². The number of ether oxygens (including phenoxy) is 1. The number of hydrogen-bond acceptors (Lipinski definition) is 3. The van der Waals surface area contributed by atoms with Crippen LogP contribution in [0.5, 0.6) is 0 Å². The van der Waals surface area contributed by atoms with Crippen molar-refractivity contribution in [1.29, 1.82) is 0 Å². The highest BCUT2D eigenvalue weighted by atomic mass is 16.5. The number of carbonyl (C=O) groups excluding carboxylic acids is 1. The van der Waals surface area contributed by atoms with Gasteiger partial charge in [-0.1, -0.05) is 30.3 Å². The number of carbonyl (C=O) groups is 1. The van der Waals surface area contributed by atoms with E-state index in [1.807, 2.05) is 56.0 Å². The first-order chi connectivity index (χ1) is 9.43. The van der Waals surface area contributed by atoms with Gasteiger partial charge >= 0.3 is 0 Å². The van der Waals surface area contributed by atoms with E-state index in [9.17, 15) is 4.79 Å². The normalized spacial score (nSPS) is 23.4. The molecule has 2 atom stereocenters. The van der Waals surface area contributed by atoms with E-state index in [2.05, 4.69) is 0 Å². The van der Waals surface area contributed by atoms with E-state index < -0.39 is 0 Å². The van der Waals surface area contributed by atoms with Gasteiger partial charge in [0.05, 0.1) is 17.6 Å². The van der Waals surface area contributed by atoms with E-state index in [0.717, 1.165) is 5.56 Å². The molecule has 1 aromatic carbocycles. The molecule has 0 saturated carbocycles. The number of nitrogens with two attached hydrogens (primary N) is 1. The number of benzene rings is 1. The number of morpholine rings is 1. The van der Waals surface area contributed by atoms with Crippen LogP contribution in [0.25, 0.3) is 0 Å². The van der Waals surface area contributed by atoms with Crippen molar-refractivity contribution in [2.45, 2.75) is 38.4 Å². The number of hydrogen-bond donors (Lipinski definition) is 1. The summed E-state index contributed by atoms with van der Waals surface area (Å²) in [5.74, 6) is 0.00884. The molecule has 0 aliphatic carbocycles. The average Bonchev–Trinajstić information content (AvgIpc) is 2.44. The van der Waals surface area contributed by atoms with Crippen LogP contribution in [-0.2, 0) is 9.53 Å². The average molecular weight is 276 g/mol. The summed E-state index contributed by atoms with van der Waals surface area (Å²) >= 11 is 0. The number of nitrogens with zero attached hydrogens (tertiary/aromatic N) is 1. The van der Waals surface area contributed by atoms with Gasteiger partial charge in [-0.2, -0.15) is 0 Å². The van der Waals surface area contributed by atoms with Crippen molar-refractivity contribution in [1.82, 2.24) is 4.90 Å². The Hall–Kier alpha value is -1.39. The van der Waals surface area contributed by atoms with Crippen LogP contribution in [0.1, 0.15) is 32.3 Å². The third-order valence-corrected chi connectivity index (χ3v) is 3.73. The lowest BCUT2D eigenvalue weighted by Gasteiger charge is -2.43. The summed E-state index contributed by atoms with van der Waals surface area (Å²) in [6.07, 6.45) is -0.0781. The van der Waals surface area contributed by atoms with Crippen molar-refractivity contribution in [3.05, 3.63) is 35.9 Å². The molecule has 1 heterocycles. The van der Waals surface area contributed by atoms with Crippen LogP contribution in [0.4, 0.5) is 0 Å². The van der Waals surface area contributed by atoms with Crippen LogP contribution in [0.3, 0.4) is 0 Å². The lowest BCUT2D eigenvalue weighted by Crippen LogP contribution is -2.57.